The van der Waals surface area contributed by atoms with Gasteiger partial charge in [-0.3, -0.25) is 0 Å². The Hall–Kier alpha value is 0.289. The van der Waals surface area contributed by atoms with E-state index in [9.17, 15) is 0 Å². The van der Waals surface area contributed by atoms with Gasteiger partial charge < -0.3 is 0 Å². The van der Waals surface area contributed by atoms with Crippen molar-refractivity contribution in [2.45, 2.75) is 5.88 Å². The van der Waals surface area contributed by atoms with Gasteiger partial charge in [-0.1, -0.05) is 0 Å². The Kier molecular flexibility index (Phi) is 1.99. The summed E-state index contributed by atoms with van der Waals surface area (Å²) < 4.78 is 0. The van der Waals surface area contributed by atoms with Crippen molar-refractivity contribution in [2.75, 3.05) is 0 Å². The molecule has 0 bridgehead atoms. The maximum absolute atomic E-state index is 5.50. The van der Waals surface area contributed by atoms with Crippen molar-refractivity contribution in [1.29, 1.82) is 0 Å². The molecule has 1 aromatic rings. The van der Waals surface area contributed by atoms with Gasteiger partial charge in [-0.15, -0.1) is 0 Å². The van der Waals surface area contributed by atoms with E-state index in [4.69, 9.17) is 11.6 Å². The zero-order chi connectivity index (χ0) is 5.11. The van der Waals surface area contributed by atoms with Crippen LogP contribution in [0.15, 0.2) is 15.9 Å². The summed E-state index contributed by atoms with van der Waals surface area (Å²) >= 11 is 6.11. The van der Waals surface area contributed by atoms with Gasteiger partial charge in [0.15, 0.2) is 0 Å². The predicted molar refractivity (Wildman–Crippen MR) is 32.9 cm³/mol. The topological polar surface area (TPSA) is 0 Å². The summed E-state index contributed by atoms with van der Waals surface area (Å²) in [4.78, 5) is 4.37. The summed E-state index contributed by atoms with van der Waals surface area (Å²) in [5.74, 6) is 0.679. The van der Waals surface area contributed by atoms with E-state index in [-0.39, 0.29) is 0 Å². The first-order valence-corrected chi connectivity index (χ1v) is 4.52. The molecule has 0 aromatic carbocycles. The number of rotatable bonds is 1. The zero-order valence-electron chi connectivity index (χ0n) is 3.73. The van der Waals surface area contributed by atoms with Gasteiger partial charge >= 0.3 is 53.5 Å². The van der Waals surface area contributed by atoms with Gasteiger partial charge in [0.2, 0.25) is 0 Å². The van der Waals surface area contributed by atoms with E-state index < -0.39 is 0 Å². The Morgan fingerprint density at radius 3 is 2.86 bits per heavy atom. The Labute approximate surface area is 53.9 Å². The summed E-state index contributed by atoms with van der Waals surface area (Å²) in [6, 6.07) is 2.09. The van der Waals surface area contributed by atoms with Crippen molar-refractivity contribution in [3.63, 3.8) is 0 Å². The van der Waals surface area contributed by atoms with E-state index in [1.807, 2.05) is 0 Å². The Balaban J connectivity index is 2.76. The molecular formula is C5H5ClSe. The third-order valence-corrected chi connectivity index (χ3v) is 2.58. The first-order chi connectivity index (χ1) is 3.43. The molecule has 0 aliphatic carbocycles. The van der Waals surface area contributed by atoms with Crippen LogP contribution in [-0.2, 0) is 5.88 Å². The molecule has 2 heteroatoms. The molecule has 1 aromatic heterocycles. The van der Waals surface area contributed by atoms with E-state index in [0.717, 1.165) is 0 Å². The molecule has 0 fully saturated rings. The summed E-state index contributed by atoms with van der Waals surface area (Å²) in [7, 11) is 0. The molecule has 7 heavy (non-hydrogen) atoms. The normalized spacial score (nSPS) is 9.29. The molecule has 0 spiro atoms. The predicted octanol–water partition coefficient (Wildman–Crippen LogP) is 1.48. The van der Waals surface area contributed by atoms with Crippen LogP contribution in [0.4, 0.5) is 0 Å². The molecule has 0 atom stereocenters. The fraction of sp³-hybridized carbons (Fsp3) is 0.200. The molecular weight excluding hydrogens is 174 g/mol. The monoisotopic (exact) mass is 180 g/mol. The summed E-state index contributed by atoms with van der Waals surface area (Å²) in [5.41, 5.74) is 1.28. The fourth-order valence-electron chi connectivity index (χ4n) is 0.369. The minimum absolute atomic E-state index is 0.615. The van der Waals surface area contributed by atoms with Gasteiger partial charge in [0.25, 0.3) is 0 Å². The molecule has 0 aliphatic rings. The number of halogens is 1. The van der Waals surface area contributed by atoms with Gasteiger partial charge in [-0.25, -0.2) is 0 Å². The summed E-state index contributed by atoms with van der Waals surface area (Å²) in [6.45, 7) is 0. The second-order valence-corrected chi connectivity index (χ2v) is 3.17. The Morgan fingerprint density at radius 1 is 1.71 bits per heavy atom. The minimum atomic E-state index is 0.615. The van der Waals surface area contributed by atoms with Gasteiger partial charge in [0.05, 0.1) is 0 Å². The van der Waals surface area contributed by atoms with Crippen molar-refractivity contribution in [2.24, 2.45) is 0 Å². The number of hydrogen-bond donors (Lipinski definition) is 0. The molecule has 0 unspecified atom stereocenters. The molecule has 0 N–H and O–H groups in total. The standard InChI is InChI=1S/C5H5ClSe/c6-3-5-1-2-7-4-5/h1-2,4H,3H2. The summed E-state index contributed by atoms with van der Waals surface area (Å²) in [6.07, 6.45) is 0. The summed E-state index contributed by atoms with van der Waals surface area (Å²) in [5, 5.41) is 0. The fourth-order valence-corrected chi connectivity index (χ4v) is 2.15. The molecule has 0 saturated carbocycles. The maximum atomic E-state index is 5.50. The first-order valence-electron chi connectivity index (χ1n) is 2.00. The molecule has 0 saturated heterocycles. The quantitative estimate of drug-likeness (QED) is 0.453. The van der Waals surface area contributed by atoms with Crippen LogP contribution in [0, 0.1) is 0 Å². The van der Waals surface area contributed by atoms with Crippen LogP contribution in [0.2, 0.25) is 0 Å². The molecule has 0 aliphatic heterocycles. The van der Waals surface area contributed by atoms with Crippen molar-refractivity contribution < 1.29 is 0 Å². The van der Waals surface area contributed by atoms with E-state index in [1.165, 1.54) is 5.56 Å². The van der Waals surface area contributed by atoms with Crippen LogP contribution in [0.5, 0.6) is 0 Å². The SMILES string of the molecule is ClCc1cc[se]c1. The van der Waals surface area contributed by atoms with Gasteiger partial charge in [0, 0.05) is 0 Å². The molecule has 1 rings (SSSR count). The van der Waals surface area contributed by atoms with Crippen LogP contribution in [-0.4, -0.2) is 14.5 Å². The van der Waals surface area contributed by atoms with E-state index in [0.29, 0.717) is 20.4 Å². The van der Waals surface area contributed by atoms with Crippen molar-refractivity contribution in [3.05, 3.63) is 21.5 Å². The van der Waals surface area contributed by atoms with Crippen LogP contribution >= 0.6 is 11.6 Å². The van der Waals surface area contributed by atoms with Crippen LogP contribution in [0.25, 0.3) is 0 Å². The number of hydrogen-bond acceptors (Lipinski definition) is 0. The van der Waals surface area contributed by atoms with E-state index in [1.54, 1.807) is 0 Å². The van der Waals surface area contributed by atoms with Crippen LogP contribution in [0.1, 0.15) is 5.56 Å². The van der Waals surface area contributed by atoms with Gasteiger partial charge in [-0.2, -0.15) is 0 Å². The molecule has 0 amide bonds. The first kappa shape index (κ1) is 5.43. The Morgan fingerprint density at radius 2 is 2.57 bits per heavy atom. The van der Waals surface area contributed by atoms with Crippen molar-refractivity contribution in [3.8, 4) is 0 Å². The van der Waals surface area contributed by atoms with Gasteiger partial charge in [-0.05, 0) is 0 Å². The number of alkyl halides is 1. The average Bonchev–Trinajstić information content (AvgIpc) is 2.14. The van der Waals surface area contributed by atoms with Crippen molar-refractivity contribution >= 4 is 26.1 Å². The van der Waals surface area contributed by atoms with Crippen LogP contribution in [0.3, 0.4) is 0 Å². The second-order valence-electron chi connectivity index (χ2n) is 1.27. The molecule has 0 radical (unpaired) electrons. The van der Waals surface area contributed by atoms with Crippen molar-refractivity contribution in [1.82, 2.24) is 0 Å². The molecule has 1 heterocycles. The Bertz CT molecular complexity index is 123. The zero-order valence-corrected chi connectivity index (χ0v) is 6.19. The van der Waals surface area contributed by atoms with Crippen LogP contribution < -0.4 is 0 Å². The third-order valence-electron chi connectivity index (χ3n) is 0.734. The second kappa shape index (κ2) is 2.56. The molecule has 0 nitrogen and oxygen atoms in total. The van der Waals surface area contributed by atoms with E-state index >= 15 is 0 Å². The molecule has 38 valence electrons. The third kappa shape index (κ3) is 1.34. The van der Waals surface area contributed by atoms with E-state index in [2.05, 4.69) is 15.9 Å². The van der Waals surface area contributed by atoms with Gasteiger partial charge in [0.1, 0.15) is 0 Å². The average molecular weight is 180 g/mol.